The van der Waals surface area contributed by atoms with Crippen molar-refractivity contribution in [1.82, 2.24) is 10.6 Å². The number of ether oxygens (including phenoxy) is 2. The number of hydrogen-bond acceptors (Lipinski definition) is 4. The van der Waals surface area contributed by atoms with E-state index in [0.29, 0.717) is 19.1 Å². The average molecular weight is 244 g/mol. The first-order valence-corrected chi connectivity index (χ1v) is 5.91. The molecule has 0 bridgehead atoms. The van der Waals surface area contributed by atoms with Crippen LogP contribution in [-0.2, 0) is 14.3 Å². The lowest BCUT2D eigenvalue weighted by molar-refractivity contribution is -0.141. The molecule has 6 heteroatoms. The summed E-state index contributed by atoms with van der Waals surface area (Å²) in [7, 11) is 0. The van der Waals surface area contributed by atoms with Crippen molar-refractivity contribution in [3.63, 3.8) is 0 Å². The molecule has 1 saturated heterocycles. The van der Waals surface area contributed by atoms with Crippen LogP contribution in [0.3, 0.4) is 0 Å². The third-order valence-electron chi connectivity index (χ3n) is 2.73. The van der Waals surface area contributed by atoms with Gasteiger partial charge < -0.3 is 20.1 Å². The molecule has 0 aromatic rings. The van der Waals surface area contributed by atoms with E-state index in [-0.39, 0.29) is 18.6 Å². The molecule has 2 amide bonds. The second-order valence-corrected chi connectivity index (χ2v) is 4.04. The molecule has 1 fully saturated rings. The molecular weight excluding hydrogens is 224 g/mol. The lowest BCUT2D eigenvalue weighted by atomic mass is 10.0. The Bertz CT molecular complexity index is 264. The molecule has 17 heavy (non-hydrogen) atoms. The highest BCUT2D eigenvalue weighted by molar-refractivity contribution is 5.80. The first-order chi connectivity index (χ1) is 8.13. The van der Waals surface area contributed by atoms with Gasteiger partial charge in [0, 0.05) is 18.6 Å². The number of rotatable bonds is 5. The molecule has 1 rings (SSSR count). The summed E-state index contributed by atoms with van der Waals surface area (Å²) < 4.78 is 9.94. The van der Waals surface area contributed by atoms with Gasteiger partial charge in [-0.05, 0) is 20.3 Å². The largest absolute Gasteiger partial charge is 0.465 e. The molecular formula is C11H20N2O4. The molecule has 0 spiro atoms. The van der Waals surface area contributed by atoms with Gasteiger partial charge in [-0.1, -0.05) is 0 Å². The SMILES string of the molecule is CCOC(=O)CNC(=O)NC(C)C1CCOC1. The second-order valence-electron chi connectivity index (χ2n) is 4.04. The van der Waals surface area contributed by atoms with Gasteiger partial charge in [-0.15, -0.1) is 0 Å². The Kier molecular flexibility index (Phi) is 5.76. The molecule has 0 aliphatic carbocycles. The fourth-order valence-corrected chi connectivity index (χ4v) is 1.69. The van der Waals surface area contributed by atoms with Crippen LogP contribution in [0.2, 0.25) is 0 Å². The molecule has 2 atom stereocenters. The summed E-state index contributed by atoms with van der Waals surface area (Å²) in [6.07, 6.45) is 0.958. The minimum Gasteiger partial charge on any atom is -0.465 e. The van der Waals surface area contributed by atoms with Crippen molar-refractivity contribution >= 4 is 12.0 Å². The molecule has 0 aromatic carbocycles. The van der Waals surface area contributed by atoms with Crippen LogP contribution >= 0.6 is 0 Å². The Morgan fingerprint density at radius 1 is 1.53 bits per heavy atom. The van der Waals surface area contributed by atoms with Gasteiger partial charge in [0.2, 0.25) is 0 Å². The maximum Gasteiger partial charge on any atom is 0.325 e. The highest BCUT2D eigenvalue weighted by Crippen LogP contribution is 2.15. The predicted octanol–water partition coefficient (Wildman–Crippen LogP) is 0.274. The first kappa shape index (κ1) is 13.8. The number of urea groups is 1. The summed E-state index contributed by atoms with van der Waals surface area (Å²) in [5.41, 5.74) is 0. The van der Waals surface area contributed by atoms with Crippen LogP contribution in [0.15, 0.2) is 0 Å². The zero-order valence-corrected chi connectivity index (χ0v) is 10.3. The predicted molar refractivity (Wildman–Crippen MR) is 61.6 cm³/mol. The van der Waals surface area contributed by atoms with Gasteiger partial charge >= 0.3 is 12.0 Å². The summed E-state index contributed by atoms with van der Waals surface area (Å²) >= 11 is 0. The molecule has 0 saturated carbocycles. The molecule has 1 aliphatic rings. The van der Waals surface area contributed by atoms with Crippen molar-refractivity contribution < 1.29 is 19.1 Å². The van der Waals surface area contributed by atoms with E-state index >= 15 is 0 Å². The van der Waals surface area contributed by atoms with Crippen molar-refractivity contribution in [1.29, 1.82) is 0 Å². The highest BCUT2D eigenvalue weighted by atomic mass is 16.5. The Morgan fingerprint density at radius 2 is 2.29 bits per heavy atom. The molecule has 2 unspecified atom stereocenters. The van der Waals surface area contributed by atoms with E-state index in [1.54, 1.807) is 6.92 Å². The van der Waals surface area contributed by atoms with Gasteiger partial charge in [0.25, 0.3) is 0 Å². The van der Waals surface area contributed by atoms with Crippen molar-refractivity contribution in [2.24, 2.45) is 5.92 Å². The average Bonchev–Trinajstić information content (AvgIpc) is 2.80. The minimum absolute atomic E-state index is 0.0414. The fraction of sp³-hybridized carbons (Fsp3) is 0.818. The standard InChI is InChI=1S/C11H20N2O4/c1-3-17-10(14)6-12-11(15)13-8(2)9-4-5-16-7-9/h8-9H,3-7H2,1-2H3,(H2,12,13,15). The van der Waals surface area contributed by atoms with Crippen LogP contribution in [-0.4, -0.2) is 44.4 Å². The lowest BCUT2D eigenvalue weighted by Gasteiger charge is -2.19. The van der Waals surface area contributed by atoms with E-state index in [9.17, 15) is 9.59 Å². The Labute approximate surface area is 101 Å². The summed E-state index contributed by atoms with van der Waals surface area (Å²) in [6.45, 7) is 5.30. The van der Waals surface area contributed by atoms with Gasteiger partial charge in [0.1, 0.15) is 6.54 Å². The summed E-state index contributed by atoms with van der Waals surface area (Å²) in [6, 6.07) is -0.308. The van der Waals surface area contributed by atoms with Gasteiger partial charge in [-0.3, -0.25) is 4.79 Å². The number of hydrogen-bond donors (Lipinski definition) is 2. The van der Waals surface area contributed by atoms with E-state index in [1.165, 1.54) is 0 Å². The van der Waals surface area contributed by atoms with Gasteiger partial charge in [-0.25, -0.2) is 4.79 Å². The van der Waals surface area contributed by atoms with E-state index in [4.69, 9.17) is 9.47 Å². The van der Waals surface area contributed by atoms with Crippen molar-refractivity contribution in [3.05, 3.63) is 0 Å². The number of carbonyl (C=O) groups excluding carboxylic acids is 2. The van der Waals surface area contributed by atoms with E-state index in [0.717, 1.165) is 13.0 Å². The molecule has 98 valence electrons. The molecule has 6 nitrogen and oxygen atoms in total. The fourth-order valence-electron chi connectivity index (χ4n) is 1.69. The van der Waals surface area contributed by atoms with E-state index < -0.39 is 5.97 Å². The Morgan fingerprint density at radius 3 is 2.88 bits per heavy atom. The van der Waals surface area contributed by atoms with Crippen LogP contribution < -0.4 is 10.6 Å². The minimum atomic E-state index is -0.431. The second kappa shape index (κ2) is 7.11. The normalized spacial score (nSPS) is 20.7. The van der Waals surface area contributed by atoms with Gasteiger partial charge in [-0.2, -0.15) is 0 Å². The third-order valence-corrected chi connectivity index (χ3v) is 2.73. The zero-order chi connectivity index (χ0) is 12.7. The Hall–Kier alpha value is -1.30. The maximum absolute atomic E-state index is 11.4. The van der Waals surface area contributed by atoms with Crippen LogP contribution in [0.1, 0.15) is 20.3 Å². The highest BCUT2D eigenvalue weighted by Gasteiger charge is 2.23. The van der Waals surface area contributed by atoms with Gasteiger partial charge in [0.05, 0.1) is 13.2 Å². The van der Waals surface area contributed by atoms with Crippen molar-refractivity contribution in [3.8, 4) is 0 Å². The lowest BCUT2D eigenvalue weighted by Crippen LogP contribution is -2.45. The molecule has 1 aliphatic heterocycles. The van der Waals surface area contributed by atoms with Crippen LogP contribution in [0.4, 0.5) is 4.79 Å². The van der Waals surface area contributed by atoms with Crippen LogP contribution in [0, 0.1) is 5.92 Å². The van der Waals surface area contributed by atoms with E-state index in [2.05, 4.69) is 10.6 Å². The smallest absolute Gasteiger partial charge is 0.325 e. The van der Waals surface area contributed by atoms with Crippen molar-refractivity contribution in [2.75, 3.05) is 26.4 Å². The number of carbonyl (C=O) groups is 2. The molecule has 0 radical (unpaired) electrons. The van der Waals surface area contributed by atoms with Crippen molar-refractivity contribution in [2.45, 2.75) is 26.3 Å². The van der Waals surface area contributed by atoms with Gasteiger partial charge in [0.15, 0.2) is 0 Å². The quantitative estimate of drug-likeness (QED) is 0.681. The van der Waals surface area contributed by atoms with E-state index in [1.807, 2.05) is 6.92 Å². The molecule has 0 aromatic heterocycles. The maximum atomic E-state index is 11.4. The zero-order valence-electron chi connectivity index (χ0n) is 10.3. The number of esters is 1. The van der Waals surface area contributed by atoms with Crippen LogP contribution in [0.25, 0.3) is 0 Å². The Balaban J connectivity index is 2.17. The first-order valence-electron chi connectivity index (χ1n) is 5.91. The summed E-state index contributed by atoms with van der Waals surface area (Å²) in [5, 5.41) is 5.24. The third kappa shape index (κ3) is 5.04. The monoisotopic (exact) mass is 244 g/mol. The summed E-state index contributed by atoms with van der Waals surface area (Å²) in [5.74, 6) is -0.0807. The topological polar surface area (TPSA) is 76.7 Å². The van der Waals surface area contributed by atoms with Crippen LogP contribution in [0.5, 0.6) is 0 Å². The molecule has 2 N–H and O–H groups in total. The number of nitrogens with one attached hydrogen (secondary N) is 2. The number of amides is 2. The summed E-state index contributed by atoms with van der Waals surface area (Å²) in [4.78, 5) is 22.5. The molecule has 1 heterocycles.